The van der Waals surface area contributed by atoms with Gasteiger partial charge in [0, 0.05) is 6.54 Å². The summed E-state index contributed by atoms with van der Waals surface area (Å²) in [5, 5.41) is 2.30. The highest BCUT2D eigenvalue weighted by atomic mass is 16.3. The monoisotopic (exact) mass is 208 g/mol. The predicted molar refractivity (Wildman–Crippen MR) is 51.8 cm³/mol. The molecule has 5 heteroatoms. The van der Waals surface area contributed by atoms with Crippen LogP contribution in [0.4, 0.5) is 4.79 Å². The van der Waals surface area contributed by atoms with Crippen LogP contribution in [0.1, 0.15) is 12.7 Å². The van der Waals surface area contributed by atoms with E-state index in [9.17, 15) is 9.59 Å². The number of nitrogens with zero attached hydrogens (tertiary/aromatic N) is 1. The Kier molecular flexibility index (Phi) is 2.45. The van der Waals surface area contributed by atoms with Crippen molar-refractivity contribution in [2.24, 2.45) is 5.92 Å². The molecule has 2 rings (SSSR count). The summed E-state index contributed by atoms with van der Waals surface area (Å²) in [5.41, 5.74) is 0. The van der Waals surface area contributed by atoms with Crippen LogP contribution in [0.25, 0.3) is 0 Å². The molecule has 2 heterocycles. The first-order chi connectivity index (χ1) is 7.16. The van der Waals surface area contributed by atoms with Crippen LogP contribution in [-0.2, 0) is 11.3 Å². The Morgan fingerprint density at radius 3 is 3.07 bits per heavy atom. The molecule has 1 aliphatic heterocycles. The van der Waals surface area contributed by atoms with Crippen LogP contribution in [0.5, 0.6) is 0 Å². The Labute approximate surface area is 87.0 Å². The molecule has 1 aromatic rings. The van der Waals surface area contributed by atoms with Gasteiger partial charge in [0.25, 0.3) is 0 Å². The van der Waals surface area contributed by atoms with Crippen molar-refractivity contribution in [3.63, 3.8) is 0 Å². The second-order valence-electron chi connectivity index (χ2n) is 3.66. The van der Waals surface area contributed by atoms with Crippen LogP contribution in [-0.4, -0.2) is 23.4 Å². The van der Waals surface area contributed by atoms with Crippen molar-refractivity contribution in [2.45, 2.75) is 13.5 Å². The number of urea groups is 1. The van der Waals surface area contributed by atoms with E-state index in [0.717, 1.165) is 0 Å². The fraction of sp³-hybridized carbons (Fsp3) is 0.400. The lowest BCUT2D eigenvalue weighted by Crippen LogP contribution is -2.53. The number of hydrogen-bond acceptors (Lipinski definition) is 3. The molecule has 1 aliphatic rings. The molecule has 0 unspecified atom stereocenters. The van der Waals surface area contributed by atoms with Gasteiger partial charge in [0.1, 0.15) is 5.76 Å². The third-order valence-corrected chi connectivity index (χ3v) is 2.39. The van der Waals surface area contributed by atoms with Gasteiger partial charge in [-0.15, -0.1) is 0 Å². The molecule has 80 valence electrons. The molecule has 3 amide bonds. The summed E-state index contributed by atoms with van der Waals surface area (Å²) in [6, 6.07) is 3.22. The maximum atomic E-state index is 11.4. The average molecular weight is 208 g/mol. The summed E-state index contributed by atoms with van der Waals surface area (Å²) in [6.45, 7) is 2.62. The van der Waals surface area contributed by atoms with Crippen molar-refractivity contribution in [3.8, 4) is 0 Å². The Hall–Kier alpha value is -1.78. The second-order valence-corrected chi connectivity index (χ2v) is 3.66. The zero-order chi connectivity index (χ0) is 10.8. The highest BCUT2D eigenvalue weighted by Gasteiger charge is 2.29. The molecule has 1 aromatic heterocycles. The third kappa shape index (κ3) is 2.01. The lowest BCUT2D eigenvalue weighted by molar-refractivity contribution is -0.125. The first-order valence-electron chi connectivity index (χ1n) is 4.79. The molecular formula is C10H12N2O3. The Morgan fingerprint density at radius 1 is 1.60 bits per heavy atom. The Morgan fingerprint density at radius 2 is 2.40 bits per heavy atom. The van der Waals surface area contributed by atoms with E-state index in [1.165, 1.54) is 0 Å². The van der Waals surface area contributed by atoms with E-state index in [1.54, 1.807) is 30.2 Å². The normalized spacial score (nSPS) is 21.7. The summed E-state index contributed by atoms with van der Waals surface area (Å²) >= 11 is 0. The van der Waals surface area contributed by atoms with Gasteiger partial charge in [0.2, 0.25) is 5.91 Å². The third-order valence-electron chi connectivity index (χ3n) is 2.39. The van der Waals surface area contributed by atoms with E-state index in [1.807, 2.05) is 0 Å². The molecular weight excluding hydrogens is 196 g/mol. The molecule has 1 N–H and O–H groups in total. The first-order valence-corrected chi connectivity index (χ1v) is 4.79. The smallest absolute Gasteiger partial charge is 0.324 e. The van der Waals surface area contributed by atoms with E-state index in [0.29, 0.717) is 18.8 Å². The number of furan rings is 1. The van der Waals surface area contributed by atoms with Crippen molar-refractivity contribution < 1.29 is 14.0 Å². The minimum atomic E-state index is -0.352. The molecule has 0 aliphatic carbocycles. The van der Waals surface area contributed by atoms with Gasteiger partial charge < -0.3 is 9.32 Å². The zero-order valence-electron chi connectivity index (χ0n) is 8.40. The van der Waals surface area contributed by atoms with Crippen LogP contribution in [0.2, 0.25) is 0 Å². The molecule has 1 atom stereocenters. The van der Waals surface area contributed by atoms with Crippen molar-refractivity contribution in [1.82, 2.24) is 10.2 Å². The zero-order valence-corrected chi connectivity index (χ0v) is 8.40. The highest BCUT2D eigenvalue weighted by Crippen LogP contribution is 2.12. The number of carbonyl (C=O) groups is 2. The van der Waals surface area contributed by atoms with Crippen LogP contribution < -0.4 is 5.32 Å². The molecule has 15 heavy (non-hydrogen) atoms. The maximum Gasteiger partial charge on any atom is 0.324 e. The van der Waals surface area contributed by atoms with Gasteiger partial charge in [-0.25, -0.2) is 4.79 Å². The molecule has 5 nitrogen and oxygen atoms in total. The first kappa shape index (κ1) is 9.76. The minimum Gasteiger partial charge on any atom is -0.467 e. The summed E-state index contributed by atoms with van der Waals surface area (Å²) in [6.07, 6.45) is 1.56. The SMILES string of the molecule is C[C@@H]1CN(Cc2ccco2)C(=O)NC1=O. The highest BCUT2D eigenvalue weighted by molar-refractivity contribution is 5.97. The van der Waals surface area contributed by atoms with Gasteiger partial charge in [0.15, 0.2) is 0 Å². The number of imide groups is 1. The van der Waals surface area contributed by atoms with Gasteiger partial charge in [-0.2, -0.15) is 0 Å². The number of amides is 3. The lowest BCUT2D eigenvalue weighted by Gasteiger charge is -2.29. The van der Waals surface area contributed by atoms with Gasteiger partial charge in [-0.3, -0.25) is 10.1 Å². The Balaban J connectivity index is 2.03. The number of carbonyl (C=O) groups excluding carboxylic acids is 2. The average Bonchev–Trinajstić information content (AvgIpc) is 2.67. The molecule has 1 fully saturated rings. The molecule has 1 saturated heterocycles. The molecule has 0 spiro atoms. The second kappa shape index (κ2) is 3.76. The van der Waals surface area contributed by atoms with Crippen LogP contribution in [0.15, 0.2) is 22.8 Å². The predicted octanol–water partition coefficient (Wildman–Crippen LogP) is 0.967. The van der Waals surface area contributed by atoms with Gasteiger partial charge in [0.05, 0.1) is 18.7 Å². The standard InChI is InChI=1S/C10H12N2O3/c1-7-5-12(10(14)11-9(7)13)6-8-3-2-4-15-8/h2-4,7H,5-6H2,1H3,(H,11,13,14)/t7-/m1/s1. The largest absolute Gasteiger partial charge is 0.467 e. The topological polar surface area (TPSA) is 62.6 Å². The van der Waals surface area contributed by atoms with Crippen molar-refractivity contribution in [3.05, 3.63) is 24.2 Å². The van der Waals surface area contributed by atoms with Crippen LogP contribution in [0.3, 0.4) is 0 Å². The summed E-state index contributed by atoms with van der Waals surface area (Å²) in [5.74, 6) is 0.333. The van der Waals surface area contributed by atoms with E-state index in [2.05, 4.69) is 5.32 Å². The van der Waals surface area contributed by atoms with E-state index in [-0.39, 0.29) is 17.9 Å². The molecule has 0 aromatic carbocycles. The fourth-order valence-electron chi connectivity index (χ4n) is 1.53. The number of rotatable bonds is 2. The van der Waals surface area contributed by atoms with Gasteiger partial charge in [-0.1, -0.05) is 6.92 Å². The minimum absolute atomic E-state index is 0.169. The van der Waals surface area contributed by atoms with E-state index >= 15 is 0 Å². The summed E-state index contributed by atoms with van der Waals surface area (Å²) < 4.78 is 5.14. The molecule has 0 saturated carbocycles. The quantitative estimate of drug-likeness (QED) is 0.787. The number of hydrogen-bond donors (Lipinski definition) is 1. The fourth-order valence-corrected chi connectivity index (χ4v) is 1.53. The molecule has 0 bridgehead atoms. The maximum absolute atomic E-state index is 11.4. The van der Waals surface area contributed by atoms with Crippen molar-refractivity contribution in [2.75, 3.05) is 6.54 Å². The molecule has 0 radical (unpaired) electrons. The van der Waals surface area contributed by atoms with E-state index in [4.69, 9.17) is 4.42 Å². The van der Waals surface area contributed by atoms with Crippen LogP contribution >= 0.6 is 0 Å². The van der Waals surface area contributed by atoms with Gasteiger partial charge >= 0.3 is 6.03 Å². The van der Waals surface area contributed by atoms with Gasteiger partial charge in [-0.05, 0) is 12.1 Å². The lowest BCUT2D eigenvalue weighted by atomic mass is 10.1. The Bertz CT molecular complexity index is 372. The van der Waals surface area contributed by atoms with Crippen LogP contribution in [0, 0.1) is 5.92 Å². The summed E-state index contributed by atoms with van der Waals surface area (Å²) in [7, 11) is 0. The van der Waals surface area contributed by atoms with E-state index < -0.39 is 0 Å². The summed E-state index contributed by atoms with van der Waals surface area (Å²) in [4.78, 5) is 24.2. The number of nitrogens with one attached hydrogen (secondary N) is 1. The van der Waals surface area contributed by atoms with Crippen molar-refractivity contribution >= 4 is 11.9 Å². The van der Waals surface area contributed by atoms with Crippen molar-refractivity contribution in [1.29, 1.82) is 0 Å².